The van der Waals surface area contributed by atoms with Gasteiger partial charge in [-0.15, -0.1) is 13.2 Å². The van der Waals surface area contributed by atoms with E-state index < -0.39 is 0 Å². The third-order valence-electron chi connectivity index (χ3n) is 10.5. The van der Waals surface area contributed by atoms with Crippen LogP contribution in [0.5, 0.6) is 0 Å². The summed E-state index contributed by atoms with van der Waals surface area (Å²) in [7, 11) is 0. The van der Waals surface area contributed by atoms with E-state index in [0.29, 0.717) is 10.8 Å². The van der Waals surface area contributed by atoms with Gasteiger partial charge in [-0.2, -0.15) is 0 Å². The van der Waals surface area contributed by atoms with E-state index in [9.17, 15) is 0 Å². The minimum Gasteiger partial charge on any atom is -0.106 e. The van der Waals surface area contributed by atoms with Crippen LogP contribution in [-0.2, 0) is 0 Å². The molecule has 9 atom stereocenters. The van der Waals surface area contributed by atoms with Gasteiger partial charge in [0.1, 0.15) is 0 Å². The van der Waals surface area contributed by atoms with E-state index in [0.717, 1.165) is 47.3 Å². The van der Waals surface area contributed by atoms with Crippen molar-refractivity contribution >= 4 is 0 Å². The van der Waals surface area contributed by atoms with Crippen LogP contribution >= 0.6 is 0 Å². The maximum atomic E-state index is 3.00. The van der Waals surface area contributed by atoms with Crippen LogP contribution < -0.4 is 0 Å². The Hall–Kier alpha value is -0.260. The molecule has 9 unspecified atom stereocenters. The topological polar surface area (TPSA) is 0 Å². The van der Waals surface area contributed by atoms with Gasteiger partial charge in [0, 0.05) is 0 Å². The smallest absolute Gasteiger partial charge is 0.0264 e. The van der Waals surface area contributed by atoms with Crippen molar-refractivity contribution < 1.29 is 0 Å². The first-order valence-electron chi connectivity index (χ1n) is 13.8. The Morgan fingerprint density at radius 3 is 2.03 bits per heavy atom. The van der Waals surface area contributed by atoms with Crippen LogP contribution in [0.4, 0.5) is 0 Å². The van der Waals surface area contributed by atoms with Crippen LogP contribution in [0.2, 0.25) is 0 Å². The van der Waals surface area contributed by atoms with Gasteiger partial charge < -0.3 is 0 Å². The van der Waals surface area contributed by atoms with E-state index in [1.165, 1.54) is 32.1 Å². The number of fused-ring (bicyclic) bond motifs is 5. The SMILES string of the molecule is C=C.CC.CC(C)CC(C)C1CCC2C3CCC4CC(C)CCC4(C)C3CCC12C. The zero-order valence-electron chi connectivity index (χ0n) is 22.1. The lowest BCUT2D eigenvalue weighted by atomic mass is 9.44. The second-order valence-corrected chi connectivity index (χ2v) is 12.4. The van der Waals surface area contributed by atoms with E-state index in [-0.39, 0.29) is 0 Å². The quantitative estimate of drug-likeness (QED) is 0.401. The summed E-state index contributed by atoms with van der Waals surface area (Å²) in [6.45, 7) is 25.4. The number of hydrogen-bond donors (Lipinski definition) is 0. The van der Waals surface area contributed by atoms with Crippen LogP contribution in [0.3, 0.4) is 0 Å². The van der Waals surface area contributed by atoms with Crippen LogP contribution in [0.15, 0.2) is 13.2 Å². The first kappa shape index (κ1) is 26.0. The summed E-state index contributed by atoms with van der Waals surface area (Å²) in [5.74, 6) is 8.03. The van der Waals surface area contributed by atoms with Crippen molar-refractivity contribution in [3.05, 3.63) is 13.2 Å². The molecule has 0 heterocycles. The summed E-state index contributed by atoms with van der Waals surface area (Å²) in [6, 6.07) is 0. The molecule has 4 aliphatic rings. The molecular weight excluding hydrogens is 360 g/mol. The lowest BCUT2D eigenvalue weighted by Gasteiger charge is -2.61. The van der Waals surface area contributed by atoms with Crippen LogP contribution in [0, 0.1) is 58.2 Å². The van der Waals surface area contributed by atoms with E-state index in [1.807, 2.05) is 13.8 Å². The van der Waals surface area contributed by atoms with Crippen molar-refractivity contribution in [2.24, 2.45) is 58.2 Å². The molecular formula is C30H56. The van der Waals surface area contributed by atoms with Crippen LogP contribution in [0.1, 0.15) is 120 Å². The molecule has 4 saturated carbocycles. The highest BCUT2D eigenvalue weighted by Crippen LogP contribution is 2.68. The molecule has 0 bridgehead atoms. The molecule has 0 amide bonds. The maximum absolute atomic E-state index is 3.00. The standard InChI is InChI=1S/C26H46.C2H6.C2H4/c1-17(2)15-19(4)22-9-10-23-21-8-7-20-16-18(3)11-13-25(20,5)24(21)12-14-26(22,23)6;2*1-2/h17-24H,7-16H2,1-6H3;1-2H3;1-2H2. The van der Waals surface area contributed by atoms with Crippen LogP contribution in [-0.4, -0.2) is 0 Å². The Kier molecular flexibility index (Phi) is 9.16. The predicted molar refractivity (Wildman–Crippen MR) is 136 cm³/mol. The van der Waals surface area contributed by atoms with E-state index in [1.54, 1.807) is 32.1 Å². The lowest BCUT2D eigenvalue weighted by Crippen LogP contribution is -2.53. The van der Waals surface area contributed by atoms with Crippen molar-refractivity contribution in [3.8, 4) is 0 Å². The Bertz CT molecular complexity index is 520. The molecule has 0 aliphatic heterocycles. The normalized spacial score (nSPS) is 45.6. The van der Waals surface area contributed by atoms with Crippen LogP contribution in [0.25, 0.3) is 0 Å². The minimum atomic E-state index is 0.667. The molecule has 4 aliphatic carbocycles. The number of rotatable bonds is 3. The molecule has 4 rings (SSSR count). The van der Waals surface area contributed by atoms with Crippen molar-refractivity contribution in [2.45, 2.75) is 120 Å². The van der Waals surface area contributed by atoms with Gasteiger partial charge in [0.2, 0.25) is 0 Å². The van der Waals surface area contributed by atoms with Gasteiger partial charge in [-0.3, -0.25) is 0 Å². The van der Waals surface area contributed by atoms with Gasteiger partial charge in [0.05, 0.1) is 0 Å². The van der Waals surface area contributed by atoms with Gasteiger partial charge in [0.25, 0.3) is 0 Å². The molecule has 0 aromatic heterocycles. The van der Waals surface area contributed by atoms with Gasteiger partial charge in [-0.1, -0.05) is 61.8 Å². The summed E-state index contributed by atoms with van der Waals surface area (Å²) < 4.78 is 0. The minimum absolute atomic E-state index is 0.667. The molecule has 0 aromatic rings. The van der Waals surface area contributed by atoms with Crippen molar-refractivity contribution in [3.63, 3.8) is 0 Å². The Labute approximate surface area is 191 Å². The highest BCUT2D eigenvalue weighted by atomic mass is 14.6. The van der Waals surface area contributed by atoms with Gasteiger partial charge >= 0.3 is 0 Å². The van der Waals surface area contributed by atoms with E-state index in [4.69, 9.17) is 0 Å². The fourth-order valence-corrected chi connectivity index (χ4v) is 9.36. The van der Waals surface area contributed by atoms with E-state index >= 15 is 0 Å². The van der Waals surface area contributed by atoms with Gasteiger partial charge in [-0.05, 0) is 116 Å². The molecule has 30 heavy (non-hydrogen) atoms. The first-order chi connectivity index (χ1) is 14.3. The highest BCUT2D eigenvalue weighted by molar-refractivity contribution is 5.09. The van der Waals surface area contributed by atoms with Crippen molar-refractivity contribution in [2.75, 3.05) is 0 Å². The molecule has 0 aromatic carbocycles. The molecule has 0 N–H and O–H groups in total. The zero-order chi connectivity index (χ0) is 22.7. The molecule has 4 fully saturated rings. The molecule has 0 heteroatoms. The average molecular weight is 417 g/mol. The summed E-state index contributed by atoms with van der Waals surface area (Å²) >= 11 is 0. The Morgan fingerprint density at radius 2 is 1.40 bits per heavy atom. The second-order valence-electron chi connectivity index (χ2n) is 12.4. The predicted octanol–water partition coefficient (Wildman–Crippen LogP) is 9.79. The third-order valence-corrected chi connectivity index (χ3v) is 10.5. The Morgan fingerprint density at radius 1 is 0.800 bits per heavy atom. The largest absolute Gasteiger partial charge is 0.106 e. The number of hydrogen-bond acceptors (Lipinski definition) is 0. The first-order valence-corrected chi connectivity index (χ1v) is 13.8. The fourth-order valence-electron chi connectivity index (χ4n) is 9.36. The molecule has 0 radical (unpaired) electrons. The highest BCUT2D eigenvalue weighted by Gasteiger charge is 2.60. The average Bonchev–Trinajstić information content (AvgIpc) is 3.08. The van der Waals surface area contributed by atoms with E-state index in [2.05, 4.69) is 54.7 Å². The summed E-state index contributed by atoms with van der Waals surface area (Å²) in [5, 5.41) is 0. The fraction of sp³-hybridized carbons (Fsp3) is 0.933. The van der Waals surface area contributed by atoms with Crippen molar-refractivity contribution in [1.29, 1.82) is 0 Å². The Balaban J connectivity index is 0.000000757. The van der Waals surface area contributed by atoms with Crippen molar-refractivity contribution in [1.82, 2.24) is 0 Å². The summed E-state index contributed by atoms with van der Waals surface area (Å²) in [4.78, 5) is 0. The maximum Gasteiger partial charge on any atom is -0.0264 e. The zero-order valence-corrected chi connectivity index (χ0v) is 22.1. The summed E-state index contributed by atoms with van der Waals surface area (Å²) in [6.07, 6.45) is 15.4. The molecule has 176 valence electrons. The monoisotopic (exact) mass is 416 g/mol. The molecule has 0 nitrogen and oxygen atoms in total. The molecule has 0 saturated heterocycles. The third kappa shape index (κ3) is 4.59. The van der Waals surface area contributed by atoms with Gasteiger partial charge in [0.15, 0.2) is 0 Å². The second kappa shape index (κ2) is 10.6. The lowest BCUT2D eigenvalue weighted by molar-refractivity contribution is -0.120. The summed E-state index contributed by atoms with van der Waals surface area (Å²) in [5.41, 5.74) is 1.36. The molecule has 0 spiro atoms. The van der Waals surface area contributed by atoms with Gasteiger partial charge in [-0.25, -0.2) is 0 Å².